The molecule has 0 spiro atoms. The van der Waals surface area contributed by atoms with Gasteiger partial charge in [-0.25, -0.2) is 0 Å². The van der Waals surface area contributed by atoms with Crippen molar-refractivity contribution in [1.29, 1.82) is 0 Å². The van der Waals surface area contributed by atoms with Crippen LogP contribution in [0, 0.1) is 17.8 Å². The van der Waals surface area contributed by atoms with Gasteiger partial charge in [0, 0.05) is 12.0 Å². The first kappa shape index (κ1) is 21.5. The van der Waals surface area contributed by atoms with E-state index in [0.717, 1.165) is 38.5 Å². The van der Waals surface area contributed by atoms with Gasteiger partial charge in [-0.3, -0.25) is 19.2 Å². The molecule has 3 amide bonds. The maximum Gasteiger partial charge on any atom is 0.303 e. The summed E-state index contributed by atoms with van der Waals surface area (Å²) in [4.78, 5) is 50.4. The number of aliphatic carboxylic acids is 1. The van der Waals surface area contributed by atoms with Gasteiger partial charge >= 0.3 is 5.97 Å². The fourth-order valence-electron chi connectivity index (χ4n) is 6.31. The van der Waals surface area contributed by atoms with Gasteiger partial charge in [-0.2, -0.15) is 0 Å². The van der Waals surface area contributed by atoms with Crippen molar-refractivity contribution in [3.63, 3.8) is 0 Å². The Morgan fingerprint density at radius 1 is 1.10 bits per heavy atom. The Morgan fingerprint density at radius 2 is 1.62 bits per heavy atom. The van der Waals surface area contributed by atoms with Crippen LogP contribution in [0.25, 0.3) is 0 Å². The molecule has 0 aliphatic heterocycles. The predicted molar refractivity (Wildman–Crippen MR) is 104 cm³/mol. The molecule has 9 heteroatoms. The summed E-state index contributed by atoms with van der Waals surface area (Å²) in [5.74, 6) is -1.05. The Hall–Kier alpha value is -2.16. The highest BCUT2D eigenvalue weighted by molar-refractivity contribution is 5.92. The predicted octanol–water partition coefficient (Wildman–Crippen LogP) is -0.0341. The number of hydrogen-bond acceptors (Lipinski definition) is 5. The van der Waals surface area contributed by atoms with Gasteiger partial charge in [0.15, 0.2) is 0 Å². The number of nitrogens with two attached hydrogens (primary N) is 2. The van der Waals surface area contributed by atoms with Crippen LogP contribution in [0.1, 0.15) is 58.3 Å². The Balaban J connectivity index is 1.94. The molecule has 0 aromatic heterocycles. The van der Waals surface area contributed by atoms with Gasteiger partial charge in [0.05, 0.1) is 6.54 Å². The van der Waals surface area contributed by atoms with Gasteiger partial charge in [-0.1, -0.05) is 0 Å². The number of hydrogen-bond donors (Lipinski definition) is 4. The summed E-state index contributed by atoms with van der Waals surface area (Å²) in [6, 6.07) is -1.88. The number of nitrogens with zero attached hydrogens (tertiary/aromatic N) is 1. The number of carbonyl (C=O) groups is 4. The van der Waals surface area contributed by atoms with Crippen LogP contribution >= 0.6 is 0 Å². The maximum absolute atomic E-state index is 13.5. The van der Waals surface area contributed by atoms with E-state index in [9.17, 15) is 19.2 Å². The first-order chi connectivity index (χ1) is 13.6. The zero-order chi connectivity index (χ0) is 21.3. The zero-order valence-electron chi connectivity index (χ0n) is 16.9. The number of amides is 3. The van der Waals surface area contributed by atoms with Crippen molar-refractivity contribution < 1.29 is 24.3 Å². The normalized spacial score (nSPS) is 31.7. The highest BCUT2D eigenvalue weighted by atomic mass is 16.4. The van der Waals surface area contributed by atoms with E-state index < -0.39 is 35.4 Å². The van der Waals surface area contributed by atoms with Gasteiger partial charge in [0.1, 0.15) is 12.1 Å². The Labute approximate surface area is 170 Å². The number of nitrogens with one attached hydrogen (secondary N) is 1. The molecule has 4 aliphatic carbocycles. The highest BCUT2D eigenvalue weighted by Gasteiger charge is 2.57. The van der Waals surface area contributed by atoms with E-state index in [4.69, 9.17) is 16.6 Å². The molecule has 0 heterocycles. The van der Waals surface area contributed by atoms with Crippen LogP contribution in [0.2, 0.25) is 0 Å². The lowest BCUT2D eigenvalue weighted by Crippen LogP contribution is -2.68. The second-order valence-corrected chi connectivity index (χ2v) is 9.19. The topological polar surface area (TPSA) is 156 Å². The van der Waals surface area contributed by atoms with Crippen molar-refractivity contribution in [3.05, 3.63) is 0 Å². The minimum Gasteiger partial charge on any atom is -0.481 e. The molecule has 0 saturated heterocycles. The summed E-state index contributed by atoms with van der Waals surface area (Å²) in [5.41, 5.74) is 10.5. The fourth-order valence-corrected chi connectivity index (χ4v) is 6.31. The first-order valence-corrected chi connectivity index (χ1v) is 10.5. The van der Waals surface area contributed by atoms with E-state index in [1.54, 1.807) is 11.8 Å². The van der Waals surface area contributed by atoms with Crippen LogP contribution in [0.4, 0.5) is 0 Å². The molecule has 9 nitrogen and oxygen atoms in total. The molecule has 29 heavy (non-hydrogen) atoms. The monoisotopic (exact) mass is 408 g/mol. The van der Waals surface area contributed by atoms with E-state index in [0.29, 0.717) is 17.8 Å². The smallest absolute Gasteiger partial charge is 0.303 e. The number of carboxylic acid groups (broad SMARTS) is 1. The molecule has 2 atom stereocenters. The van der Waals surface area contributed by atoms with Crippen LogP contribution in [-0.4, -0.2) is 57.9 Å². The average molecular weight is 408 g/mol. The minimum absolute atomic E-state index is 0.0320. The Bertz CT molecular complexity index is 659. The lowest BCUT2D eigenvalue weighted by atomic mass is 9.52. The molecule has 4 rings (SSSR count). The van der Waals surface area contributed by atoms with Crippen molar-refractivity contribution in [2.45, 2.75) is 75.9 Å². The van der Waals surface area contributed by atoms with Gasteiger partial charge in [-0.05, 0) is 69.6 Å². The molecule has 4 aliphatic rings. The van der Waals surface area contributed by atoms with E-state index in [-0.39, 0.29) is 25.3 Å². The number of carboxylic acids is 1. The molecule has 4 fully saturated rings. The van der Waals surface area contributed by atoms with E-state index in [2.05, 4.69) is 5.32 Å². The van der Waals surface area contributed by atoms with Crippen molar-refractivity contribution >= 4 is 23.7 Å². The van der Waals surface area contributed by atoms with Gasteiger partial charge < -0.3 is 26.8 Å². The first-order valence-electron chi connectivity index (χ1n) is 10.5. The minimum atomic E-state index is -1.04. The lowest BCUT2D eigenvalue weighted by Gasteiger charge is -2.61. The maximum atomic E-state index is 13.5. The third-order valence-corrected chi connectivity index (χ3v) is 6.96. The SMILES string of the molecule is C[C@H](NC(=O)CN)C(=O)N([C@H](CCC(=O)O)C(N)=O)C12CC3CC(CC(C3)C1)C2. The molecule has 0 radical (unpaired) electrons. The second-order valence-electron chi connectivity index (χ2n) is 9.19. The molecule has 0 aromatic carbocycles. The van der Waals surface area contributed by atoms with Crippen LogP contribution in [0.3, 0.4) is 0 Å². The lowest BCUT2D eigenvalue weighted by molar-refractivity contribution is -0.164. The average Bonchev–Trinajstić information content (AvgIpc) is 2.62. The molecule has 4 saturated carbocycles. The van der Waals surface area contributed by atoms with Gasteiger partial charge in [0.2, 0.25) is 17.7 Å². The second kappa shape index (κ2) is 8.30. The quantitative estimate of drug-likeness (QED) is 0.420. The van der Waals surface area contributed by atoms with Crippen molar-refractivity contribution in [3.8, 4) is 0 Å². The zero-order valence-corrected chi connectivity index (χ0v) is 16.9. The molecule has 0 aromatic rings. The third kappa shape index (κ3) is 4.39. The van der Waals surface area contributed by atoms with Crippen LogP contribution in [-0.2, 0) is 19.2 Å². The van der Waals surface area contributed by atoms with E-state index in [1.165, 1.54) is 0 Å². The highest BCUT2D eigenvalue weighted by Crippen LogP contribution is 2.58. The number of carbonyl (C=O) groups excluding carboxylic acids is 3. The molecule has 0 unspecified atom stereocenters. The fraction of sp³-hybridized carbons (Fsp3) is 0.800. The van der Waals surface area contributed by atoms with Crippen LogP contribution in [0.5, 0.6) is 0 Å². The molecule has 4 bridgehead atoms. The number of rotatable bonds is 9. The van der Waals surface area contributed by atoms with Crippen molar-refractivity contribution in [1.82, 2.24) is 10.2 Å². The summed E-state index contributed by atoms with van der Waals surface area (Å²) in [6.07, 6.45) is 5.58. The molecule has 6 N–H and O–H groups in total. The van der Waals surface area contributed by atoms with Crippen molar-refractivity contribution in [2.75, 3.05) is 6.54 Å². The van der Waals surface area contributed by atoms with Crippen LogP contribution in [0.15, 0.2) is 0 Å². The largest absolute Gasteiger partial charge is 0.481 e. The van der Waals surface area contributed by atoms with Gasteiger partial charge in [0.25, 0.3) is 0 Å². The standard InChI is InChI=1S/C20H32N4O5/c1-11(23-16(25)10-21)19(29)24(15(18(22)28)2-3-17(26)27)20-7-12-4-13(8-20)6-14(5-12)9-20/h11-15H,2-10,21H2,1H3,(H2,22,28)(H,23,25)(H,26,27)/t11-,12?,13?,14?,15+,20?/m0/s1. The third-order valence-electron chi connectivity index (χ3n) is 6.96. The summed E-state index contributed by atoms with van der Waals surface area (Å²) in [5, 5.41) is 11.7. The number of primary amides is 1. The molecular weight excluding hydrogens is 376 g/mol. The van der Waals surface area contributed by atoms with E-state index >= 15 is 0 Å². The molecular formula is C20H32N4O5. The molecule has 162 valence electrons. The summed E-state index contributed by atoms with van der Waals surface area (Å²) >= 11 is 0. The van der Waals surface area contributed by atoms with E-state index in [1.807, 2.05) is 0 Å². The summed E-state index contributed by atoms with van der Waals surface area (Å²) in [7, 11) is 0. The summed E-state index contributed by atoms with van der Waals surface area (Å²) in [6.45, 7) is 1.33. The summed E-state index contributed by atoms with van der Waals surface area (Å²) < 4.78 is 0. The Kier molecular flexibility index (Phi) is 6.16. The van der Waals surface area contributed by atoms with Crippen molar-refractivity contribution in [2.24, 2.45) is 29.2 Å². The van der Waals surface area contributed by atoms with Gasteiger partial charge in [-0.15, -0.1) is 0 Å². The Morgan fingerprint density at radius 3 is 2.03 bits per heavy atom. The van der Waals surface area contributed by atoms with Crippen LogP contribution < -0.4 is 16.8 Å².